The minimum Gasteiger partial charge on any atom is -0.444 e. The van der Waals surface area contributed by atoms with Gasteiger partial charge in [0.25, 0.3) is 0 Å². The van der Waals surface area contributed by atoms with Crippen LogP contribution >= 0.6 is 0 Å². The molecule has 1 aromatic rings. The Bertz CT molecular complexity index is 462. The van der Waals surface area contributed by atoms with Gasteiger partial charge in [0.05, 0.1) is 0 Å². The lowest BCUT2D eigenvalue weighted by Gasteiger charge is -2.22. The van der Waals surface area contributed by atoms with E-state index in [0.717, 1.165) is 6.07 Å². The van der Waals surface area contributed by atoms with Crippen molar-refractivity contribution in [3.05, 3.63) is 29.8 Å². The normalized spacial score (nSPS) is 14.5. The molecule has 2 unspecified atom stereocenters. The van der Waals surface area contributed by atoms with Crippen LogP contribution in [0.3, 0.4) is 0 Å². The fraction of sp³-hybridized carbons (Fsp3) is 0.538. The van der Waals surface area contributed by atoms with Crippen LogP contribution in [0.15, 0.2) is 18.3 Å². The number of nitrogens with one attached hydrogen (secondary N) is 1. The predicted octanol–water partition coefficient (Wildman–Crippen LogP) is 1.14. The number of ether oxygens (including phenoxy) is 1. The number of pyridine rings is 1. The third-order valence-corrected chi connectivity index (χ3v) is 2.31. The summed E-state index contributed by atoms with van der Waals surface area (Å²) in [6.07, 6.45) is -2.14. The monoisotopic (exact) mass is 286 g/mol. The zero-order chi connectivity index (χ0) is 15.3. The van der Waals surface area contributed by atoms with Gasteiger partial charge in [-0.2, -0.15) is 4.39 Å². The van der Waals surface area contributed by atoms with Gasteiger partial charge in [0.15, 0.2) is 0 Å². The lowest BCUT2D eigenvalue weighted by atomic mass is 10.1. The molecule has 0 saturated heterocycles. The van der Waals surface area contributed by atoms with E-state index in [0.29, 0.717) is 0 Å². The molecule has 7 heteroatoms. The molecule has 0 aliphatic carbocycles. The zero-order valence-electron chi connectivity index (χ0n) is 11.6. The summed E-state index contributed by atoms with van der Waals surface area (Å²) >= 11 is 0. The molecule has 0 spiro atoms. The highest BCUT2D eigenvalue weighted by Crippen LogP contribution is 2.16. The molecular weight excluding hydrogens is 267 g/mol. The van der Waals surface area contributed by atoms with Crippen molar-refractivity contribution in [3.63, 3.8) is 0 Å². The summed E-state index contributed by atoms with van der Waals surface area (Å²) in [4.78, 5) is 14.7. The molecule has 20 heavy (non-hydrogen) atoms. The molecule has 0 aliphatic rings. The largest absolute Gasteiger partial charge is 0.444 e. The molecule has 0 aromatic carbocycles. The number of amides is 1. The molecule has 1 aromatic heterocycles. The highest BCUT2D eigenvalue weighted by Gasteiger charge is 2.21. The fourth-order valence-electron chi connectivity index (χ4n) is 1.44. The Morgan fingerprint density at radius 1 is 1.50 bits per heavy atom. The molecule has 112 valence electrons. The Balaban J connectivity index is 2.50. The van der Waals surface area contributed by atoms with E-state index in [4.69, 9.17) is 4.74 Å². The van der Waals surface area contributed by atoms with E-state index < -0.39 is 29.8 Å². The molecular formula is C13H19FN2O4. The lowest BCUT2D eigenvalue weighted by Crippen LogP contribution is -2.38. The van der Waals surface area contributed by atoms with Gasteiger partial charge in [-0.25, -0.2) is 9.78 Å². The van der Waals surface area contributed by atoms with Crippen LogP contribution in [-0.2, 0) is 4.74 Å². The smallest absolute Gasteiger partial charge is 0.407 e. The molecule has 0 fully saturated rings. The Hall–Kier alpha value is -1.73. The van der Waals surface area contributed by atoms with Crippen molar-refractivity contribution in [2.45, 2.75) is 38.6 Å². The third kappa shape index (κ3) is 5.50. The summed E-state index contributed by atoms with van der Waals surface area (Å²) < 4.78 is 17.9. The fourth-order valence-corrected chi connectivity index (χ4v) is 1.44. The van der Waals surface area contributed by atoms with Crippen LogP contribution < -0.4 is 5.32 Å². The van der Waals surface area contributed by atoms with Gasteiger partial charge in [-0.1, -0.05) is 0 Å². The Morgan fingerprint density at radius 2 is 2.15 bits per heavy atom. The van der Waals surface area contributed by atoms with Gasteiger partial charge in [0.1, 0.15) is 17.8 Å². The number of hydrogen-bond donors (Lipinski definition) is 3. The molecule has 0 saturated carbocycles. The van der Waals surface area contributed by atoms with E-state index in [-0.39, 0.29) is 12.1 Å². The lowest BCUT2D eigenvalue weighted by molar-refractivity contribution is 0.0127. The number of alkyl carbamates (subject to hydrolysis) is 1. The van der Waals surface area contributed by atoms with Gasteiger partial charge in [-0.15, -0.1) is 0 Å². The maximum atomic E-state index is 12.9. The number of nitrogens with zero attached hydrogens (tertiary/aromatic N) is 1. The molecule has 3 N–H and O–H groups in total. The summed E-state index contributed by atoms with van der Waals surface area (Å²) in [6, 6.07) is 2.39. The molecule has 0 aliphatic heterocycles. The van der Waals surface area contributed by atoms with Crippen LogP contribution in [0.2, 0.25) is 0 Å². The maximum absolute atomic E-state index is 12.9. The molecule has 2 atom stereocenters. The molecule has 0 bridgehead atoms. The van der Waals surface area contributed by atoms with Crippen LogP contribution in [0.5, 0.6) is 0 Å². The highest BCUT2D eigenvalue weighted by atomic mass is 19.1. The standard InChI is InChI=1S/C13H19FN2O4/c1-13(2,3)20-12(19)16-7-9(17)11(18)8-4-5-15-10(14)6-8/h4-6,9,11,17-18H,7H2,1-3H3,(H,16,19). The SMILES string of the molecule is CC(C)(C)OC(=O)NCC(O)C(O)c1ccnc(F)c1. The number of hydrogen-bond acceptors (Lipinski definition) is 5. The number of aromatic nitrogens is 1. The molecule has 6 nitrogen and oxygen atoms in total. The van der Waals surface area contributed by atoms with Crippen LogP contribution in [0.1, 0.15) is 32.4 Å². The van der Waals surface area contributed by atoms with E-state index in [2.05, 4.69) is 10.3 Å². The predicted molar refractivity (Wildman–Crippen MR) is 69.4 cm³/mol. The van der Waals surface area contributed by atoms with E-state index in [1.54, 1.807) is 20.8 Å². The van der Waals surface area contributed by atoms with Crippen molar-refractivity contribution >= 4 is 6.09 Å². The molecule has 0 radical (unpaired) electrons. The second-order valence-electron chi connectivity index (χ2n) is 5.31. The van der Waals surface area contributed by atoms with Crippen molar-refractivity contribution in [2.75, 3.05) is 6.54 Å². The summed E-state index contributed by atoms with van der Waals surface area (Å²) in [5.74, 6) is -0.756. The van der Waals surface area contributed by atoms with E-state index >= 15 is 0 Å². The Morgan fingerprint density at radius 3 is 2.70 bits per heavy atom. The molecule has 1 heterocycles. The number of carbonyl (C=O) groups is 1. The number of aliphatic hydroxyl groups is 2. The first kappa shape index (κ1) is 16.3. The van der Waals surface area contributed by atoms with E-state index in [9.17, 15) is 19.4 Å². The summed E-state index contributed by atoms with van der Waals surface area (Å²) in [5.41, 5.74) is -0.474. The summed E-state index contributed by atoms with van der Waals surface area (Å²) in [7, 11) is 0. The molecule has 1 rings (SSSR count). The van der Waals surface area contributed by atoms with Crippen molar-refractivity contribution in [2.24, 2.45) is 0 Å². The van der Waals surface area contributed by atoms with Gasteiger partial charge in [0, 0.05) is 12.7 Å². The van der Waals surface area contributed by atoms with Crippen molar-refractivity contribution in [1.82, 2.24) is 10.3 Å². The Kier molecular flexibility index (Phi) is 5.41. The van der Waals surface area contributed by atoms with Crippen LogP contribution in [0.25, 0.3) is 0 Å². The minimum atomic E-state index is -1.33. The van der Waals surface area contributed by atoms with Gasteiger partial charge >= 0.3 is 6.09 Å². The zero-order valence-corrected chi connectivity index (χ0v) is 11.6. The number of rotatable bonds is 4. The first-order valence-electron chi connectivity index (χ1n) is 6.13. The topological polar surface area (TPSA) is 91.7 Å². The number of carbonyl (C=O) groups excluding carboxylic acids is 1. The maximum Gasteiger partial charge on any atom is 0.407 e. The minimum absolute atomic E-state index is 0.177. The van der Waals surface area contributed by atoms with E-state index in [1.807, 2.05) is 0 Å². The van der Waals surface area contributed by atoms with Gasteiger partial charge in [-0.05, 0) is 38.5 Å². The summed E-state index contributed by atoms with van der Waals surface area (Å²) in [5, 5.41) is 21.9. The van der Waals surface area contributed by atoms with Gasteiger partial charge in [-0.3, -0.25) is 0 Å². The van der Waals surface area contributed by atoms with Crippen molar-refractivity contribution in [3.8, 4) is 0 Å². The first-order valence-corrected chi connectivity index (χ1v) is 6.13. The number of aliphatic hydroxyl groups excluding tert-OH is 2. The van der Waals surface area contributed by atoms with Crippen molar-refractivity contribution in [1.29, 1.82) is 0 Å². The van der Waals surface area contributed by atoms with Crippen LogP contribution in [-0.4, -0.2) is 39.5 Å². The van der Waals surface area contributed by atoms with Crippen molar-refractivity contribution < 1.29 is 24.1 Å². The Labute approximate surface area is 116 Å². The first-order chi connectivity index (χ1) is 9.19. The van der Waals surface area contributed by atoms with Crippen LogP contribution in [0, 0.1) is 5.95 Å². The summed E-state index contributed by atoms with van der Waals surface area (Å²) in [6.45, 7) is 4.90. The molecule has 1 amide bonds. The highest BCUT2D eigenvalue weighted by molar-refractivity contribution is 5.67. The van der Waals surface area contributed by atoms with Crippen LogP contribution in [0.4, 0.5) is 9.18 Å². The van der Waals surface area contributed by atoms with Gasteiger partial charge in [0.2, 0.25) is 5.95 Å². The van der Waals surface area contributed by atoms with Gasteiger partial charge < -0.3 is 20.3 Å². The number of halogens is 1. The second kappa shape index (κ2) is 6.62. The van der Waals surface area contributed by atoms with E-state index in [1.165, 1.54) is 12.3 Å². The average molecular weight is 286 g/mol. The quantitative estimate of drug-likeness (QED) is 0.722. The third-order valence-electron chi connectivity index (χ3n) is 2.31. The second-order valence-corrected chi connectivity index (χ2v) is 5.31. The average Bonchev–Trinajstić information content (AvgIpc) is 2.33.